The molecule has 3 heteroatoms. The van der Waals surface area contributed by atoms with Gasteiger partial charge in [0.1, 0.15) is 0 Å². The average Bonchev–Trinajstić information content (AvgIpc) is 2.38. The van der Waals surface area contributed by atoms with Gasteiger partial charge in [-0.3, -0.25) is 0 Å². The molecule has 0 amide bonds. The molecule has 1 aromatic rings. The highest BCUT2D eigenvalue weighted by molar-refractivity contribution is 6.28. The number of rotatable bonds is 5. The Morgan fingerprint density at radius 3 is 2.67 bits per heavy atom. The lowest BCUT2D eigenvalue weighted by Crippen LogP contribution is -2.08. The third-order valence-corrected chi connectivity index (χ3v) is 4.10. The Bertz CT molecular complexity index is 419. The van der Waals surface area contributed by atoms with Crippen LogP contribution in [0.1, 0.15) is 56.9 Å². The molecule has 1 aromatic heterocycles. The van der Waals surface area contributed by atoms with Crippen molar-refractivity contribution in [3.05, 3.63) is 33.3 Å². The largest absolute Gasteiger partial charge is 0.411 e. The predicted octanol–water partition coefficient (Wildman–Crippen LogP) is 4.59. The Kier molecular flexibility index (Phi) is 5.30. The van der Waals surface area contributed by atoms with Gasteiger partial charge in [-0.1, -0.05) is 44.9 Å². The number of halogens is 1. The highest BCUT2D eigenvalue weighted by Gasteiger charge is 2.12. The molecule has 18 heavy (non-hydrogen) atoms. The Hall–Kier alpha value is -0.760. The number of hydrogen-bond donors (Lipinski definition) is 0. The summed E-state index contributed by atoms with van der Waals surface area (Å²) in [5.41, 5.74) is 0.475. The van der Waals surface area contributed by atoms with E-state index in [0.29, 0.717) is 0 Å². The van der Waals surface area contributed by atoms with Gasteiger partial charge in [0.2, 0.25) is 0 Å². The van der Waals surface area contributed by atoms with Crippen molar-refractivity contribution >= 4 is 11.6 Å². The minimum atomic E-state index is -0.278. The quantitative estimate of drug-likeness (QED) is 0.732. The SMILES string of the molecule is O=c1oc(Cl)ccc1CCCCC1CCCCC1. The second-order valence-electron chi connectivity index (χ2n) is 5.30. The first kappa shape index (κ1) is 13.7. The summed E-state index contributed by atoms with van der Waals surface area (Å²) < 4.78 is 4.87. The Balaban J connectivity index is 1.70. The lowest BCUT2D eigenvalue weighted by Gasteiger charge is -2.21. The molecular weight excluding hydrogens is 248 g/mol. The minimum Gasteiger partial charge on any atom is -0.411 e. The van der Waals surface area contributed by atoms with E-state index in [2.05, 4.69) is 0 Å². The average molecular weight is 269 g/mol. The van der Waals surface area contributed by atoms with Crippen molar-refractivity contribution in [2.75, 3.05) is 0 Å². The molecule has 0 aromatic carbocycles. The molecule has 1 heterocycles. The van der Waals surface area contributed by atoms with Crippen LogP contribution in [0.2, 0.25) is 5.22 Å². The smallest absolute Gasteiger partial charge is 0.340 e. The number of aryl methyl sites for hydroxylation is 1. The van der Waals surface area contributed by atoms with E-state index < -0.39 is 0 Å². The van der Waals surface area contributed by atoms with Crippen LogP contribution in [0.5, 0.6) is 0 Å². The van der Waals surface area contributed by atoms with Gasteiger partial charge in [0.25, 0.3) is 0 Å². The van der Waals surface area contributed by atoms with Crippen molar-refractivity contribution in [1.82, 2.24) is 0 Å². The van der Waals surface area contributed by atoms with Gasteiger partial charge in [0.15, 0.2) is 5.22 Å². The molecule has 0 spiro atoms. The second-order valence-corrected chi connectivity index (χ2v) is 5.67. The molecule has 0 unspecified atom stereocenters. The first-order valence-corrected chi connectivity index (χ1v) is 7.42. The van der Waals surface area contributed by atoms with Crippen LogP contribution < -0.4 is 5.63 Å². The van der Waals surface area contributed by atoms with E-state index in [1.54, 1.807) is 12.1 Å². The molecule has 1 fully saturated rings. The Morgan fingerprint density at radius 2 is 1.94 bits per heavy atom. The summed E-state index contributed by atoms with van der Waals surface area (Å²) >= 11 is 5.61. The first-order valence-electron chi connectivity index (χ1n) is 7.04. The standard InChI is InChI=1S/C15H21ClO2/c16-14-11-10-13(15(17)18-14)9-5-4-8-12-6-2-1-3-7-12/h10-12H,1-9H2. The molecule has 0 N–H and O–H groups in total. The fraction of sp³-hybridized carbons (Fsp3) is 0.667. The maximum Gasteiger partial charge on any atom is 0.340 e. The van der Waals surface area contributed by atoms with Crippen molar-refractivity contribution < 1.29 is 4.42 Å². The molecule has 0 saturated heterocycles. The summed E-state index contributed by atoms with van der Waals surface area (Å²) in [6.45, 7) is 0. The normalized spacial score (nSPS) is 16.9. The van der Waals surface area contributed by atoms with Gasteiger partial charge in [-0.2, -0.15) is 0 Å². The number of unbranched alkanes of at least 4 members (excludes halogenated alkanes) is 1. The monoisotopic (exact) mass is 268 g/mol. The molecule has 1 aliphatic carbocycles. The van der Waals surface area contributed by atoms with Crippen molar-refractivity contribution in [3.8, 4) is 0 Å². The van der Waals surface area contributed by atoms with Crippen LogP contribution in [0.15, 0.2) is 21.3 Å². The zero-order valence-electron chi connectivity index (χ0n) is 10.8. The van der Waals surface area contributed by atoms with Crippen molar-refractivity contribution in [2.45, 2.75) is 57.8 Å². The predicted molar refractivity (Wildman–Crippen MR) is 74.1 cm³/mol. The fourth-order valence-corrected chi connectivity index (χ4v) is 2.97. The van der Waals surface area contributed by atoms with Crippen LogP contribution in [0, 0.1) is 5.92 Å². The molecule has 0 radical (unpaired) electrons. The van der Waals surface area contributed by atoms with Gasteiger partial charge in [0, 0.05) is 5.56 Å². The van der Waals surface area contributed by atoms with Crippen LogP contribution in [-0.4, -0.2) is 0 Å². The molecule has 1 saturated carbocycles. The molecule has 0 bridgehead atoms. The van der Waals surface area contributed by atoms with E-state index in [9.17, 15) is 4.79 Å². The lowest BCUT2D eigenvalue weighted by molar-refractivity contribution is 0.329. The van der Waals surface area contributed by atoms with E-state index in [1.165, 1.54) is 44.9 Å². The van der Waals surface area contributed by atoms with E-state index >= 15 is 0 Å². The zero-order valence-corrected chi connectivity index (χ0v) is 11.5. The van der Waals surface area contributed by atoms with Crippen LogP contribution in [0.3, 0.4) is 0 Å². The summed E-state index contributed by atoms with van der Waals surface area (Å²) in [4.78, 5) is 11.5. The van der Waals surface area contributed by atoms with Gasteiger partial charge < -0.3 is 4.42 Å². The lowest BCUT2D eigenvalue weighted by atomic mass is 9.85. The van der Waals surface area contributed by atoms with Gasteiger partial charge in [-0.05, 0) is 42.5 Å². The molecule has 1 aliphatic rings. The van der Waals surface area contributed by atoms with Gasteiger partial charge in [0.05, 0.1) is 0 Å². The molecule has 2 rings (SSSR count). The minimum absolute atomic E-state index is 0.172. The molecule has 2 nitrogen and oxygen atoms in total. The van der Waals surface area contributed by atoms with Crippen LogP contribution in [0.25, 0.3) is 0 Å². The molecule has 100 valence electrons. The van der Waals surface area contributed by atoms with Crippen molar-refractivity contribution in [1.29, 1.82) is 0 Å². The maximum absolute atomic E-state index is 11.5. The second kappa shape index (κ2) is 6.98. The topological polar surface area (TPSA) is 30.2 Å². The fourth-order valence-electron chi connectivity index (χ4n) is 2.83. The van der Waals surface area contributed by atoms with Crippen LogP contribution >= 0.6 is 11.6 Å². The summed E-state index contributed by atoms with van der Waals surface area (Å²) in [7, 11) is 0. The highest BCUT2D eigenvalue weighted by atomic mass is 35.5. The molecule has 0 atom stereocenters. The van der Waals surface area contributed by atoms with Gasteiger partial charge >= 0.3 is 5.63 Å². The summed E-state index contributed by atoms with van der Waals surface area (Å²) in [6.07, 6.45) is 11.5. The van der Waals surface area contributed by atoms with E-state index in [1.807, 2.05) is 0 Å². The van der Waals surface area contributed by atoms with E-state index in [-0.39, 0.29) is 10.8 Å². The zero-order chi connectivity index (χ0) is 12.8. The van der Waals surface area contributed by atoms with Crippen molar-refractivity contribution in [3.63, 3.8) is 0 Å². The summed E-state index contributed by atoms with van der Waals surface area (Å²) in [6, 6.07) is 3.44. The Morgan fingerprint density at radius 1 is 1.17 bits per heavy atom. The van der Waals surface area contributed by atoms with Crippen LogP contribution in [0.4, 0.5) is 0 Å². The van der Waals surface area contributed by atoms with Crippen molar-refractivity contribution in [2.24, 2.45) is 5.92 Å². The Labute approximate surface area is 113 Å². The molecule has 0 aliphatic heterocycles. The summed E-state index contributed by atoms with van der Waals surface area (Å²) in [5.74, 6) is 0.931. The van der Waals surface area contributed by atoms with E-state index in [4.69, 9.17) is 16.0 Å². The third kappa shape index (κ3) is 4.16. The number of hydrogen-bond acceptors (Lipinski definition) is 2. The van der Waals surface area contributed by atoms with Gasteiger partial charge in [-0.15, -0.1) is 0 Å². The summed E-state index contributed by atoms with van der Waals surface area (Å²) in [5, 5.41) is 0.172. The highest BCUT2D eigenvalue weighted by Crippen LogP contribution is 2.27. The van der Waals surface area contributed by atoms with Gasteiger partial charge in [-0.25, -0.2) is 4.79 Å². The van der Waals surface area contributed by atoms with Crippen LogP contribution in [-0.2, 0) is 6.42 Å². The first-order chi connectivity index (χ1) is 8.75. The third-order valence-electron chi connectivity index (χ3n) is 3.90. The van der Waals surface area contributed by atoms with E-state index in [0.717, 1.165) is 24.3 Å². The molecular formula is C15H21ClO2. The maximum atomic E-state index is 11.5.